The second-order valence-electron chi connectivity index (χ2n) is 7.59. The highest BCUT2D eigenvalue weighted by atomic mass is 16.5. The highest BCUT2D eigenvalue weighted by Crippen LogP contribution is 2.29. The Balaban J connectivity index is 1.38. The van der Waals surface area contributed by atoms with Crippen LogP contribution in [0.1, 0.15) is 10.4 Å². The number of amides is 1. The van der Waals surface area contributed by atoms with Crippen LogP contribution in [0.4, 0.5) is 5.69 Å². The normalized spacial score (nSPS) is 14.9. The first-order valence-electron chi connectivity index (χ1n) is 10.3. The summed E-state index contributed by atoms with van der Waals surface area (Å²) >= 11 is 0. The van der Waals surface area contributed by atoms with Crippen molar-refractivity contribution in [3.05, 3.63) is 72.6 Å². The predicted molar refractivity (Wildman–Crippen MR) is 119 cm³/mol. The fourth-order valence-electron chi connectivity index (χ4n) is 4.07. The van der Waals surface area contributed by atoms with Gasteiger partial charge in [-0.3, -0.25) is 14.4 Å². The molecule has 1 saturated heterocycles. The van der Waals surface area contributed by atoms with Crippen molar-refractivity contribution in [2.75, 3.05) is 38.2 Å². The predicted octanol–water partition coefficient (Wildman–Crippen LogP) is 3.77. The number of ether oxygens (including phenoxy) is 1. The number of aromatic nitrogens is 2. The van der Waals surface area contributed by atoms with Gasteiger partial charge in [0.2, 0.25) is 0 Å². The average molecular weight is 400 g/mol. The summed E-state index contributed by atoms with van der Waals surface area (Å²) < 4.78 is 7.27. The van der Waals surface area contributed by atoms with Gasteiger partial charge in [-0.2, -0.15) is 5.10 Å². The van der Waals surface area contributed by atoms with Crippen molar-refractivity contribution in [2.45, 2.75) is 6.54 Å². The van der Waals surface area contributed by atoms with E-state index in [1.165, 1.54) is 0 Å². The van der Waals surface area contributed by atoms with E-state index in [-0.39, 0.29) is 5.91 Å². The van der Waals surface area contributed by atoms with E-state index >= 15 is 0 Å². The molecular formula is C24H24N4O2. The summed E-state index contributed by atoms with van der Waals surface area (Å²) in [4.78, 5) is 15.7. The van der Waals surface area contributed by atoms with E-state index in [1.54, 1.807) is 6.20 Å². The molecule has 2 heterocycles. The summed E-state index contributed by atoms with van der Waals surface area (Å²) in [5.74, 6) is -0.115. The Kier molecular flexibility index (Phi) is 5.17. The zero-order valence-electron chi connectivity index (χ0n) is 16.8. The van der Waals surface area contributed by atoms with Crippen molar-refractivity contribution >= 4 is 33.1 Å². The third-order valence-electron chi connectivity index (χ3n) is 5.64. The van der Waals surface area contributed by atoms with Crippen LogP contribution in [0.5, 0.6) is 0 Å². The number of anilines is 1. The Hall–Kier alpha value is -3.22. The largest absolute Gasteiger partial charge is 0.379 e. The molecule has 1 aliphatic rings. The van der Waals surface area contributed by atoms with Gasteiger partial charge in [-0.1, -0.05) is 48.5 Å². The third kappa shape index (κ3) is 3.79. The number of carbonyl (C=O) groups excluding carboxylic acids is 1. The van der Waals surface area contributed by atoms with Gasteiger partial charge in [0, 0.05) is 25.8 Å². The van der Waals surface area contributed by atoms with Crippen molar-refractivity contribution in [2.24, 2.45) is 0 Å². The van der Waals surface area contributed by atoms with Gasteiger partial charge in [-0.15, -0.1) is 0 Å². The summed E-state index contributed by atoms with van der Waals surface area (Å²) in [6.45, 7) is 5.20. The molecule has 4 aromatic rings. The number of benzene rings is 3. The van der Waals surface area contributed by atoms with Gasteiger partial charge < -0.3 is 10.1 Å². The molecule has 6 nitrogen and oxygen atoms in total. The molecule has 0 aliphatic carbocycles. The molecule has 1 aromatic heterocycles. The molecule has 1 aliphatic heterocycles. The van der Waals surface area contributed by atoms with E-state index in [4.69, 9.17) is 4.74 Å². The third-order valence-corrected chi connectivity index (χ3v) is 5.64. The van der Waals surface area contributed by atoms with Gasteiger partial charge in [0.05, 0.1) is 37.2 Å². The van der Waals surface area contributed by atoms with Crippen LogP contribution in [0.15, 0.2) is 67.0 Å². The van der Waals surface area contributed by atoms with Crippen molar-refractivity contribution in [1.29, 1.82) is 0 Å². The zero-order valence-corrected chi connectivity index (χ0v) is 16.8. The van der Waals surface area contributed by atoms with Gasteiger partial charge >= 0.3 is 0 Å². The molecule has 0 radical (unpaired) electrons. The van der Waals surface area contributed by atoms with E-state index < -0.39 is 0 Å². The van der Waals surface area contributed by atoms with Crippen molar-refractivity contribution in [3.8, 4) is 0 Å². The Labute approximate surface area is 175 Å². The summed E-state index contributed by atoms with van der Waals surface area (Å²) in [6, 6.07) is 18.2. The standard InChI is InChI=1S/C24H24N4O2/c29-24(26-20-16-25-28(17-20)10-9-27-11-13-30-14-12-27)23-21-7-3-1-5-18(21)15-19-6-2-4-8-22(19)23/h1-8,15-17H,9-14H2,(H,26,29). The maximum Gasteiger partial charge on any atom is 0.257 e. The number of carbonyl (C=O) groups is 1. The smallest absolute Gasteiger partial charge is 0.257 e. The minimum Gasteiger partial charge on any atom is -0.379 e. The van der Waals surface area contributed by atoms with E-state index in [9.17, 15) is 4.79 Å². The lowest BCUT2D eigenvalue weighted by Gasteiger charge is -2.26. The Bertz CT molecular complexity index is 1140. The zero-order chi connectivity index (χ0) is 20.3. The molecule has 1 N–H and O–H groups in total. The minimum atomic E-state index is -0.115. The summed E-state index contributed by atoms with van der Waals surface area (Å²) in [6.07, 6.45) is 3.61. The summed E-state index contributed by atoms with van der Waals surface area (Å²) in [5.41, 5.74) is 1.41. The molecule has 1 amide bonds. The van der Waals surface area contributed by atoms with E-state index in [0.29, 0.717) is 11.3 Å². The molecule has 0 unspecified atom stereocenters. The highest BCUT2D eigenvalue weighted by Gasteiger charge is 2.16. The maximum absolute atomic E-state index is 13.3. The number of fused-ring (bicyclic) bond motifs is 2. The summed E-state index contributed by atoms with van der Waals surface area (Å²) in [7, 11) is 0. The lowest BCUT2D eigenvalue weighted by atomic mass is 9.96. The number of nitrogens with one attached hydrogen (secondary N) is 1. The Morgan fingerprint density at radius 1 is 0.967 bits per heavy atom. The van der Waals surface area contributed by atoms with Gasteiger partial charge in [-0.05, 0) is 27.6 Å². The van der Waals surface area contributed by atoms with Crippen LogP contribution in [0.2, 0.25) is 0 Å². The SMILES string of the molecule is O=C(Nc1cnn(CCN2CCOCC2)c1)c1c2ccccc2cc2ccccc12. The van der Waals surface area contributed by atoms with Crippen LogP contribution in [0.3, 0.4) is 0 Å². The van der Waals surface area contributed by atoms with Crippen LogP contribution in [-0.4, -0.2) is 53.4 Å². The van der Waals surface area contributed by atoms with Crippen molar-refractivity contribution in [1.82, 2.24) is 14.7 Å². The van der Waals surface area contributed by atoms with Crippen molar-refractivity contribution in [3.63, 3.8) is 0 Å². The number of nitrogens with zero attached hydrogens (tertiary/aromatic N) is 3. The molecule has 0 spiro atoms. The molecule has 1 fully saturated rings. The number of hydrogen-bond acceptors (Lipinski definition) is 4. The van der Waals surface area contributed by atoms with Crippen LogP contribution < -0.4 is 5.32 Å². The van der Waals surface area contributed by atoms with Gasteiger partial charge in [0.1, 0.15) is 0 Å². The van der Waals surface area contributed by atoms with Crippen molar-refractivity contribution < 1.29 is 9.53 Å². The summed E-state index contributed by atoms with van der Waals surface area (Å²) in [5, 5.41) is 11.5. The molecule has 0 saturated carbocycles. The molecule has 30 heavy (non-hydrogen) atoms. The molecule has 0 bridgehead atoms. The lowest BCUT2D eigenvalue weighted by molar-refractivity contribution is 0.0360. The van der Waals surface area contributed by atoms with Crippen LogP contribution in [-0.2, 0) is 11.3 Å². The van der Waals surface area contributed by atoms with Crippen LogP contribution >= 0.6 is 0 Å². The molecule has 3 aromatic carbocycles. The van der Waals surface area contributed by atoms with Crippen LogP contribution in [0.25, 0.3) is 21.5 Å². The van der Waals surface area contributed by atoms with E-state index in [0.717, 1.165) is 60.9 Å². The Morgan fingerprint density at radius 3 is 2.33 bits per heavy atom. The maximum atomic E-state index is 13.3. The second kappa shape index (κ2) is 8.26. The molecule has 6 heteroatoms. The number of morpholine rings is 1. The first-order valence-corrected chi connectivity index (χ1v) is 10.3. The first-order chi connectivity index (χ1) is 14.8. The molecule has 152 valence electrons. The topological polar surface area (TPSA) is 59.4 Å². The fraction of sp³-hybridized carbons (Fsp3) is 0.250. The quantitative estimate of drug-likeness (QED) is 0.518. The highest BCUT2D eigenvalue weighted by molar-refractivity contribution is 6.21. The van der Waals surface area contributed by atoms with E-state index in [2.05, 4.69) is 21.4 Å². The minimum absolute atomic E-state index is 0.115. The second-order valence-corrected chi connectivity index (χ2v) is 7.59. The van der Waals surface area contributed by atoms with Gasteiger partial charge in [0.25, 0.3) is 5.91 Å². The fourth-order valence-corrected chi connectivity index (χ4v) is 4.07. The number of rotatable bonds is 5. The lowest BCUT2D eigenvalue weighted by Crippen LogP contribution is -2.38. The van der Waals surface area contributed by atoms with Gasteiger partial charge in [-0.25, -0.2) is 0 Å². The molecule has 0 atom stereocenters. The monoisotopic (exact) mass is 400 g/mol. The average Bonchev–Trinajstić information content (AvgIpc) is 3.23. The Morgan fingerprint density at radius 2 is 1.63 bits per heavy atom. The van der Waals surface area contributed by atoms with Crippen LogP contribution in [0, 0.1) is 0 Å². The first kappa shape index (κ1) is 18.8. The molecular weight excluding hydrogens is 376 g/mol. The van der Waals surface area contributed by atoms with Gasteiger partial charge in [0.15, 0.2) is 0 Å². The number of hydrogen-bond donors (Lipinski definition) is 1. The molecule has 5 rings (SSSR count). The van der Waals surface area contributed by atoms with E-state index in [1.807, 2.05) is 59.4 Å².